The van der Waals surface area contributed by atoms with Crippen molar-refractivity contribution in [3.63, 3.8) is 0 Å². The molecule has 0 unspecified atom stereocenters. The van der Waals surface area contributed by atoms with Crippen LogP contribution in [0.1, 0.15) is 31.1 Å². The summed E-state index contributed by atoms with van der Waals surface area (Å²) in [6.07, 6.45) is 1.68. The lowest BCUT2D eigenvalue weighted by Crippen LogP contribution is -2.03. The third-order valence-electron chi connectivity index (χ3n) is 2.67. The van der Waals surface area contributed by atoms with Gasteiger partial charge in [-0.3, -0.25) is 0 Å². The van der Waals surface area contributed by atoms with Crippen molar-refractivity contribution in [1.29, 1.82) is 0 Å². The van der Waals surface area contributed by atoms with Crippen LogP contribution >= 0.6 is 0 Å². The van der Waals surface area contributed by atoms with Crippen LogP contribution in [0.2, 0.25) is 0 Å². The molecule has 0 fully saturated rings. The second-order valence-corrected chi connectivity index (χ2v) is 4.06. The zero-order chi connectivity index (χ0) is 12.3. The van der Waals surface area contributed by atoms with Crippen LogP contribution in [-0.2, 0) is 12.8 Å². The quantitative estimate of drug-likeness (QED) is 0.809. The Morgan fingerprint density at radius 2 is 1.35 bits per heavy atom. The minimum atomic E-state index is 0.786. The smallest absolute Gasteiger partial charge is 0.163 e. The van der Waals surface area contributed by atoms with Gasteiger partial charge in [0, 0.05) is 18.4 Å². The summed E-state index contributed by atoms with van der Waals surface area (Å²) in [6.45, 7) is 6.20. The molecule has 1 aromatic carbocycles. The minimum absolute atomic E-state index is 0.786. The fourth-order valence-corrected chi connectivity index (χ4v) is 1.62. The first-order valence-electron chi connectivity index (χ1n) is 6.03. The van der Waals surface area contributed by atoms with Gasteiger partial charge in [0.2, 0.25) is 0 Å². The predicted octanol–water partition coefficient (Wildman–Crippen LogP) is 2.97. The molecule has 0 aliphatic carbocycles. The van der Waals surface area contributed by atoms with E-state index in [4.69, 9.17) is 0 Å². The predicted molar refractivity (Wildman–Crippen MR) is 68.8 cm³/mol. The summed E-state index contributed by atoms with van der Waals surface area (Å²) in [7, 11) is 0. The molecule has 0 bridgehead atoms. The lowest BCUT2D eigenvalue weighted by atomic mass is 10.1. The lowest BCUT2D eigenvalue weighted by molar-refractivity contribution is 0.831. The van der Waals surface area contributed by atoms with Crippen LogP contribution in [0.25, 0.3) is 11.4 Å². The highest BCUT2D eigenvalue weighted by atomic mass is 15.0. The van der Waals surface area contributed by atoms with Crippen LogP contribution in [0.4, 0.5) is 0 Å². The van der Waals surface area contributed by atoms with E-state index in [1.807, 2.05) is 0 Å². The molecular weight excluding hydrogens is 210 g/mol. The Balaban J connectivity index is 2.46. The molecule has 3 heteroatoms. The van der Waals surface area contributed by atoms with Crippen molar-refractivity contribution < 1.29 is 0 Å². The summed E-state index contributed by atoms with van der Waals surface area (Å²) < 4.78 is 0. The molecule has 1 aromatic heterocycles. The molecule has 0 aliphatic rings. The summed E-state index contributed by atoms with van der Waals surface area (Å²) in [5, 5.41) is 0. The second kappa shape index (κ2) is 5.04. The third-order valence-corrected chi connectivity index (χ3v) is 2.67. The SMILES string of the molecule is CCc1nc(CC)nc(-c2ccc(C)cc2)n1. The molecule has 88 valence electrons. The zero-order valence-electron chi connectivity index (χ0n) is 10.6. The molecule has 3 nitrogen and oxygen atoms in total. The Morgan fingerprint density at radius 3 is 1.82 bits per heavy atom. The van der Waals surface area contributed by atoms with Crippen molar-refractivity contribution in [2.75, 3.05) is 0 Å². The fourth-order valence-electron chi connectivity index (χ4n) is 1.62. The number of nitrogens with zero attached hydrogens (tertiary/aromatic N) is 3. The Bertz CT molecular complexity index is 481. The molecule has 0 saturated heterocycles. The molecule has 0 atom stereocenters. The summed E-state index contributed by atoms with van der Waals surface area (Å²) in [4.78, 5) is 13.3. The monoisotopic (exact) mass is 227 g/mol. The van der Waals surface area contributed by atoms with E-state index in [0.29, 0.717) is 0 Å². The summed E-state index contributed by atoms with van der Waals surface area (Å²) in [5.41, 5.74) is 2.30. The van der Waals surface area contributed by atoms with Crippen molar-refractivity contribution >= 4 is 0 Å². The van der Waals surface area contributed by atoms with Crippen molar-refractivity contribution in [2.45, 2.75) is 33.6 Å². The van der Waals surface area contributed by atoms with Gasteiger partial charge >= 0.3 is 0 Å². The number of aromatic nitrogens is 3. The first-order chi connectivity index (χ1) is 8.22. The maximum Gasteiger partial charge on any atom is 0.163 e. The fraction of sp³-hybridized carbons (Fsp3) is 0.357. The van der Waals surface area contributed by atoms with Crippen LogP contribution in [0.15, 0.2) is 24.3 Å². The molecule has 17 heavy (non-hydrogen) atoms. The van der Waals surface area contributed by atoms with E-state index in [9.17, 15) is 0 Å². The number of aryl methyl sites for hydroxylation is 3. The molecule has 2 rings (SSSR count). The molecule has 0 N–H and O–H groups in total. The van der Waals surface area contributed by atoms with Crippen molar-refractivity contribution in [2.24, 2.45) is 0 Å². The molecule has 0 spiro atoms. The van der Waals surface area contributed by atoms with Gasteiger partial charge in [-0.2, -0.15) is 0 Å². The maximum absolute atomic E-state index is 4.48. The van der Waals surface area contributed by atoms with Gasteiger partial charge in [0.1, 0.15) is 11.6 Å². The number of hydrogen-bond donors (Lipinski definition) is 0. The minimum Gasteiger partial charge on any atom is -0.218 e. The number of rotatable bonds is 3. The molecule has 0 amide bonds. The normalized spacial score (nSPS) is 10.5. The highest BCUT2D eigenvalue weighted by molar-refractivity contribution is 5.55. The first kappa shape index (κ1) is 11.7. The number of hydrogen-bond acceptors (Lipinski definition) is 3. The highest BCUT2D eigenvalue weighted by Crippen LogP contribution is 2.16. The highest BCUT2D eigenvalue weighted by Gasteiger charge is 2.06. The summed E-state index contributed by atoms with van der Waals surface area (Å²) >= 11 is 0. The largest absolute Gasteiger partial charge is 0.218 e. The maximum atomic E-state index is 4.48. The van der Waals surface area contributed by atoms with Crippen LogP contribution in [0.3, 0.4) is 0 Å². The van der Waals surface area contributed by atoms with E-state index >= 15 is 0 Å². The van der Waals surface area contributed by atoms with Crippen LogP contribution < -0.4 is 0 Å². The van der Waals surface area contributed by atoms with Gasteiger partial charge < -0.3 is 0 Å². The average Bonchev–Trinajstić information content (AvgIpc) is 2.39. The molecule has 0 aliphatic heterocycles. The Labute approximate surface area is 102 Å². The first-order valence-corrected chi connectivity index (χ1v) is 6.03. The van der Waals surface area contributed by atoms with Crippen LogP contribution in [-0.4, -0.2) is 15.0 Å². The van der Waals surface area contributed by atoms with E-state index in [0.717, 1.165) is 35.9 Å². The molecule has 1 heterocycles. The Hall–Kier alpha value is -1.77. The van der Waals surface area contributed by atoms with Crippen molar-refractivity contribution in [1.82, 2.24) is 15.0 Å². The lowest BCUT2D eigenvalue weighted by Gasteiger charge is -2.05. The molecule has 0 radical (unpaired) electrons. The second-order valence-electron chi connectivity index (χ2n) is 4.06. The summed E-state index contributed by atoms with van der Waals surface area (Å²) in [5.74, 6) is 2.52. The van der Waals surface area contributed by atoms with Gasteiger partial charge in [0.25, 0.3) is 0 Å². The van der Waals surface area contributed by atoms with Gasteiger partial charge in [-0.1, -0.05) is 43.7 Å². The summed E-state index contributed by atoms with van der Waals surface area (Å²) in [6, 6.07) is 8.28. The van der Waals surface area contributed by atoms with Gasteiger partial charge in [0.15, 0.2) is 5.82 Å². The zero-order valence-corrected chi connectivity index (χ0v) is 10.6. The molecule has 0 saturated carbocycles. The van der Waals surface area contributed by atoms with Crippen molar-refractivity contribution in [3.05, 3.63) is 41.5 Å². The van der Waals surface area contributed by atoms with Gasteiger partial charge in [-0.25, -0.2) is 15.0 Å². The average molecular weight is 227 g/mol. The van der Waals surface area contributed by atoms with Crippen LogP contribution in [0, 0.1) is 6.92 Å². The third kappa shape index (κ3) is 2.67. The molecular formula is C14H17N3. The van der Waals surface area contributed by atoms with E-state index in [1.165, 1.54) is 5.56 Å². The van der Waals surface area contributed by atoms with Crippen molar-refractivity contribution in [3.8, 4) is 11.4 Å². The van der Waals surface area contributed by atoms with Gasteiger partial charge in [-0.05, 0) is 6.92 Å². The Morgan fingerprint density at radius 1 is 0.824 bits per heavy atom. The van der Waals surface area contributed by atoms with Gasteiger partial charge in [0.05, 0.1) is 0 Å². The van der Waals surface area contributed by atoms with E-state index in [-0.39, 0.29) is 0 Å². The Kier molecular flexibility index (Phi) is 3.47. The van der Waals surface area contributed by atoms with Gasteiger partial charge in [-0.15, -0.1) is 0 Å². The topological polar surface area (TPSA) is 38.7 Å². The van der Waals surface area contributed by atoms with E-state index in [2.05, 4.69) is 60.0 Å². The standard InChI is InChI=1S/C14H17N3/c1-4-12-15-13(5-2)17-14(16-12)11-8-6-10(3)7-9-11/h6-9H,4-5H2,1-3H3. The van der Waals surface area contributed by atoms with E-state index in [1.54, 1.807) is 0 Å². The van der Waals surface area contributed by atoms with E-state index < -0.39 is 0 Å². The number of benzene rings is 1. The van der Waals surface area contributed by atoms with Crippen LogP contribution in [0.5, 0.6) is 0 Å². The molecule has 2 aromatic rings.